The molecule has 1 aromatic rings. The van der Waals surface area contributed by atoms with Crippen molar-refractivity contribution in [3.63, 3.8) is 0 Å². The van der Waals surface area contributed by atoms with Gasteiger partial charge in [-0.2, -0.15) is 0 Å². The summed E-state index contributed by atoms with van der Waals surface area (Å²) in [6.45, 7) is 16.0. The second kappa shape index (κ2) is 15.5. The van der Waals surface area contributed by atoms with E-state index in [2.05, 4.69) is 9.88 Å². The summed E-state index contributed by atoms with van der Waals surface area (Å²) in [5.41, 5.74) is -1.91. The standard InChI is InChI=1S/C35H55N3O9/c1-13-26-35(9,47-33(42)38-15-14-36-19-38)18-21(3)27(39)20(2)17-34(7,8)30(23(5)28(40)24(6)31(41)45-26)46-32-29(43-12)25(37(10)11)16-22(4)44-32/h14-15,18-20,22-26,29-30,32H,13,16-17H2,1-12H3/b21-18+/t20?,22?,23?,24?,25?,26-,29?,30?,32?,35?/m1/s1. The smallest absolute Gasteiger partial charge is 0.420 e. The minimum absolute atomic E-state index is 0.00623. The fraction of sp³-hybridized carbons (Fsp3) is 0.743. The molecule has 10 atom stereocenters. The van der Waals surface area contributed by atoms with E-state index in [1.165, 1.54) is 25.6 Å². The van der Waals surface area contributed by atoms with Gasteiger partial charge >= 0.3 is 12.1 Å². The van der Waals surface area contributed by atoms with E-state index < -0.39 is 65.4 Å². The van der Waals surface area contributed by atoms with Crippen LogP contribution in [0.4, 0.5) is 4.79 Å². The molecule has 0 aromatic carbocycles. The van der Waals surface area contributed by atoms with Crippen LogP contribution < -0.4 is 0 Å². The SMILES string of the molecule is CC[C@H]1OC(=O)C(C)C(=O)C(C)C(OC2OC(C)CC(N(C)C)C2OC)C(C)(C)CC(C)C(=O)/C(C)=C/C1(C)OC(=O)n1ccnc1. The van der Waals surface area contributed by atoms with E-state index in [1.807, 2.05) is 41.8 Å². The number of imidazole rings is 1. The molecule has 0 radical (unpaired) electrons. The molecule has 0 bridgehead atoms. The summed E-state index contributed by atoms with van der Waals surface area (Å²) in [5.74, 6) is -3.73. The Morgan fingerprint density at radius 1 is 1.13 bits per heavy atom. The summed E-state index contributed by atoms with van der Waals surface area (Å²) in [6, 6.07) is 0.00623. The van der Waals surface area contributed by atoms with Gasteiger partial charge in [-0.3, -0.25) is 14.4 Å². The maximum absolute atomic E-state index is 14.1. The van der Waals surface area contributed by atoms with Crippen molar-refractivity contribution in [2.75, 3.05) is 21.2 Å². The highest BCUT2D eigenvalue weighted by atomic mass is 16.7. The molecular formula is C35H55N3O9. The Kier molecular flexibility index (Phi) is 12.7. The molecule has 9 unspecified atom stereocenters. The molecule has 1 fully saturated rings. The largest absolute Gasteiger partial charge is 0.457 e. The van der Waals surface area contributed by atoms with Crippen LogP contribution in [0.15, 0.2) is 30.4 Å². The summed E-state index contributed by atoms with van der Waals surface area (Å²) in [7, 11) is 5.57. The first-order valence-corrected chi connectivity index (χ1v) is 16.6. The molecule has 0 aliphatic carbocycles. The topological polar surface area (TPSA) is 135 Å². The van der Waals surface area contributed by atoms with Crippen molar-refractivity contribution in [1.29, 1.82) is 0 Å². The highest BCUT2D eigenvalue weighted by Crippen LogP contribution is 2.40. The van der Waals surface area contributed by atoms with Crippen LogP contribution in [0.1, 0.15) is 81.6 Å². The number of Topliss-reactive ketones (excluding diaryl/α,β-unsaturated/α-hetero) is 2. The number of ketones is 2. The normalized spacial score (nSPS) is 37.1. The van der Waals surface area contributed by atoms with E-state index in [0.717, 1.165) is 11.0 Å². The summed E-state index contributed by atoms with van der Waals surface area (Å²) >= 11 is 0. The van der Waals surface area contributed by atoms with Crippen LogP contribution in [-0.2, 0) is 38.1 Å². The Labute approximate surface area is 279 Å². The maximum Gasteiger partial charge on any atom is 0.420 e. The van der Waals surface area contributed by atoms with Gasteiger partial charge in [-0.1, -0.05) is 34.6 Å². The number of rotatable bonds is 6. The van der Waals surface area contributed by atoms with Gasteiger partial charge in [0, 0.05) is 37.4 Å². The average molecular weight is 662 g/mol. The summed E-state index contributed by atoms with van der Waals surface area (Å²) in [6.07, 6.45) is 3.19. The van der Waals surface area contributed by atoms with Crippen LogP contribution >= 0.6 is 0 Å². The molecule has 2 aliphatic rings. The lowest BCUT2D eigenvalue weighted by Crippen LogP contribution is -2.57. The number of hydrogen-bond donors (Lipinski definition) is 0. The molecule has 47 heavy (non-hydrogen) atoms. The highest BCUT2D eigenvalue weighted by Gasteiger charge is 2.48. The Bertz CT molecular complexity index is 1290. The zero-order valence-corrected chi connectivity index (χ0v) is 30.1. The van der Waals surface area contributed by atoms with Crippen LogP contribution in [0.3, 0.4) is 0 Å². The van der Waals surface area contributed by atoms with E-state index in [1.54, 1.807) is 40.9 Å². The third-order valence-electron chi connectivity index (χ3n) is 9.72. The van der Waals surface area contributed by atoms with Gasteiger partial charge in [0.1, 0.15) is 24.5 Å². The van der Waals surface area contributed by atoms with Gasteiger partial charge in [0.2, 0.25) is 0 Å². The van der Waals surface area contributed by atoms with Crippen molar-refractivity contribution in [3.8, 4) is 0 Å². The van der Waals surface area contributed by atoms with Crippen molar-refractivity contribution >= 4 is 23.6 Å². The molecule has 0 saturated carbocycles. The van der Waals surface area contributed by atoms with Crippen LogP contribution in [0, 0.1) is 23.2 Å². The number of ether oxygens (including phenoxy) is 5. The molecule has 12 nitrogen and oxygen atoms in total. The lowest BCUT2D eigenvalue weighted by Gasteiger charge is -2.47. The Hall–Kier alpha value is -2.93. The minimum Gasteiger partial charge on any atom is -0.457 e. The summed E-state index contributed by atoms with van der Waals surface area (Å²) in [5, 5.41) is 0. The maximum atomic E-state index is 14.1. The number of cyclic esters (lactones) is 1. The van der Waals surface area contributed by atoms with Crippen LogP contribution in [0.25, 0.3) is 0 Å². The number of nitrogens with zero attached hydrogens (tertiary/aromatic N) is 3. The van der Waals surface area contributed by atoms with Gasteiger partial charge < -0.3 is 28.6 Å². The first kappa shape index (κ1) is 38.5. The Morgan fingerprint density at radius 2 is 1.79 bits per heavy atom. The molecule has 0 amide bonds. The number of likely N-dealkylation sites (N-methyl/N-ethyl adjacent to an activating group) is 1. The predicted octanol–water partition coefficient (Wildman–Crippen LogP) is 4.84. The first-order chi connectivity index (χ1) is 21.9. The molecule has 3 heterocycles. The third-order valence-corrected chi connectivity index (χ3v) is 9.72. The number of hydrogen-bond acceptors (Lipinski definition) is 11. The van der Waals surface area contributed by atoms with Crippen molar-refractivity contribution in [2.45, 2.75) is 124 Å². The first-order valence-electron chi connectivity index (χ1n) is 16.6. The molecular weight excluding hydrogens is 606 g/mol. The third kappa shape index (κ3) is 8.76. The molecule has 2 aliphatic heterocycles. The fourth-order valence-corrected chi connectivity index (χ4v) is 7.21. The molecule has 12 heteroatoms. The molecule has 1 saturated heterocycles. The van der Waals surface area contributed by atoms with Crippen molar-refractivity contribution in [3.05, 3.63) is 30.4 Å². The highest BCUT2D eigenvalue weighted by molar-refractivity contribution is 6.00. The zero-order chi connectivity index (χ0) is 35.4. The van der Waals surface area contributed by atoms with Crippen LogP contribution in [0.2, 0.25) is 0 Å². The van der Waals surface area contributed by atoms with E-state index in [-0.39, 0.29) is 30.1 Å². The Morgan fingerprint density at radius 3 is 2.34 bits per heavy atom. The van der Waals surface area contributed by atoms with E-state index in [4.69, 9.17) is 23.7 Å². The molecule has 3 rings (SSSR count). The molecule has 0 N–H and O–H groups in total. The average Bonchev–Trinajstić information content (AvgIpc) is 3.55. The summed E-state index contributed by atoms with van der Waals surface area (Å²) in [4.78, 5) is 60.7. The number of carbonyl (C=O) groups is 4. The zero-order valence-electron chi connectivity index (χ0n) is 30.1. The monoisotopic (exact) mass is 661 g/mol. The van der Waals surface area contributed by atoms with Gasteiger partial charge in [-0.25, -0.2) is 14.3 Å². The minimum atomic E-state index is -1.53. The van der Waals surface area contributed by atoms with Gasteiger partial charge in [0.05, 0.1) is 12.2 Å². The second-order valence-electron chi connectivity index (χ2n) is 14.4. The van der Waals surface area contributed by atoms with E-state index >= 15 is 0 Å². The number of allylic oxidation sites excluding steroid dienone is 1. The van der Waals surface area contributed by atoms with Gasteiger partial charge in [-0.15, -0.1) is 0 Å². The summed E-state index contributed by atoms with van der Waals surface area (Å²) < 4.78 is 31.9. The fourth-order valence-electron chi connectivity index (χ4n) is 7.21. The van der Waals surface area contributed by atoms with Crippen LogP contribution in [-0.4, -0.2) is 102 Å². The number of aromatic nitrogens is 2. The lowest BCUT2D eigenvalue weighted by molar-refractivity contribution is -0.289. The van der Waals surface area contributed by atoms with Gasteiger partial charge in [0.25, 0.3) is 0 Å². The predicted molar refractivity (Wildman–Crippen MR) is 174 cm³/mol. The quantitative estimate of drug-likeness (QED) is 0.306. The van der Waals surface area contributed by atoms with Crippen molar-refractivity contribution < 1.29 is 42.9 Å². The van der Waals surface area contributed by atoms with Crippen molar-refractivity contribution in [1.82, 2.24) is 14.5 Å². The molecule has 264 valence electrons. The van der Waals surface area contributed by atoms with E-state index in [9.17, 15) is 19.2 Å². The number of methoxy groups -OCH3 is 1. The number of carbonyl (C=O) groups excluding carboxylic acids is 4. The van der Waals surface area contributed by atoms with Crippen LogP contribution in [0.5, 0.6) is 0 Å². The van der Waals surface area contributed by atoms with Crippen molar-refractivity contribution in [2.24, 2.45) is 23.2 Å². The van der Waals surface area contributed by atoms with Gasteiger partial charge in [0.15, 0.2) is 23.5 Å². The molecule has 1 aromatic heterocycles. The van der Waals surface area contributed by atoms with E-state index in [0.29, 0.717) is 12.0 Å². The second-order valence-corrected chi connectivity index (χ2v) is 14.4. The molecule has 0 spiro atoms. The lowest BCUT2D eigenvalue weighted by atomic mass is 9.71. The van der Waals surface area contributed by atoms with Gasteiger partial charge in [-0.05, 0) is 78.1 Å². The number of esters is 1. The Balaban J connectivity index is 2.08.